The van der Waals surface area contributed by atoms with Crippen molar-refractivity contribution in [3.05, 3.63) is 29.6 Å². The monoisotopic (exact) mass is 280 g/mol. The Morgan fingerprint density at radius 1 is 1.55 bits per heavy atom. The number of ether oxygens (including phenoxy) is 1. The van der Waals surface area contributed by atoms with E-state index in [9.17, 15) is 9.18 Å². The molecule has 0 bridgehead atoms. The van der Waals surface area contributed by atoms with Crippen LogP contribution in [0.2, 0.25) is 0 Å². The lowest BCUT2D eigenvalue weighted by atomic mass is 9.88. The van der Waals surface area contributed by atoms with Crippen LogP contribution >= 0.6 is 0 Å². The van der Waals surface area contributed by atoms with Crippen LogP contribution in [0.3, 0.4) is 0 Å². The van der Waals surface area contributed by atoms with Crippen molar-refractivity contribution in [3.8, 4) is 5.75 Å². The first-order valence-electron chi connectivity index (χ1n) is 6.94. The summed E-state index contributed by atoms with van der Waals surface area (Å²) in [5.74, 6) is 0.468. The van der Waals surface area contributed by atoms with Gasteiger partial charge in [-0.3, -0.25) is 4.79 Å². The lowest BCUT2D eigenvalue weighted by Crippen LogP contribution is -2.42. The zero-order valence-electron chi connectivity index (χ0n) is 11.9. The minimum atomic E-state index is -0.464. The zero-order chi connectivity index (χ0) is 14.5. The molecule has 1 amide bonds. The molecule has 2 N–H and O–H groups in total. The van der Waals surface area contributed by atoms with E-state index in [1.165, 1.54) is 25.3 Å². The maximum absolute atomic E-state index is 13.3. The summed E-state index contributed by atoms with van der Waals surface area (Å²) in [6, 6.07) is 4.14. The van der Waals surface area contributed by atoms with Crippen molar-refractivity contribution in [3.63, 3.8) is 0 Å². The van der Waals surface area contributed by atoms with E-state index < -0.39 is 5.82 Å². The molecular formula is C15H21FN2O2. The van der Waals surface area contributed by atoms with Gasteiger partial charge in [0.15, 0.2) is 11.6 Å². The van der Waals surface area contributed by atoms with Crippen molar-refractivity contribution in [2.45, 2.75) is 13.3 Å². The van der Waals surface area contributed by atoms with E-state index >= 15 is 0 Å². The van der Waals surface area contributed by atoms with Gasteiger partial charge in [-0.05, 0) is 49.5 Å². The summed E-state index contributed by atoms with van der Waals surface area (Å²) < 4.78 is 18.2. The van der Waals surface area contributed by atoms with E-state index in [4.69, 9.17) is 4.74 Å². The van der Waals surface area contributed by atoms with Crippen LogP contribution in [0.15, 0.2) is 18.2 Å². The van der Waals surface area contributed by atoms with E-state index in [-0.39, 0.29) is 11.7 Å². The number of amides is 1. The number of benzene rings is 1. The Morgan fingerprint density at radius 3 is 3.05 bits per heavy atom. The number of carbonyl (C=O) groups excluding carboxylic acids is 1. The van der Waals surface area contributed by atoms with Crippen LogP contribution in [0.25, 0.3) is 0 Å². The smallest absolute Gasteiger partial charge is 0.251 e. The fourth-order valence-electron chi connectivity index (χ4n) is 2.45. The van der Waals surface area contributed by atoms with Gasteiger partial charge in [-0.15, -0.1) is 0 Å². The molecule has 0 saturated carbocycles. The first-order valence-corrected chi connectivity index (χ1v) is 6.94. The molecule has 1 aromatic carbocycles. The Balaban J connectivity index is 1.94. The van der Waals surface area contributed by atoms with Crippen LogP contribution in [0.1, 0.15) is 23.7 Å². The Bertz CT molecular complexity index is 479. The average Bonchev–Trinajstić information content (AvgIpc) is 2.46. The van der Waals surface area contributed by atoms with Crippen LogP contribution in [-0.2, 0) is 0 Å². The van der Waals surface area contributed by atoms with Crippen molar-refractivity contribution >= 4 is 5.91 Å². The molecule has 1 fully saturated rings. The molecule has 4 nitrogen and oxygen atoms in total. The van der Waals surface area contributed by atoms with Gasteiger partial charge in [0.2, 0.25) is 0 Å². The van der Waals surface area contributed by atoms with E-state index in [0.29, 0.717) is 23.9 Å². The number of methoxy groups -OCH3 is 1. The first kappa shape index (κ1) is 14.8. The summed E-state index contributed by atoms with van der Waals surface area (Å²) >= 11 is 0. The molecule has 2 unspecified atom stereocenters. The van der Waals surface area contributed by atoms with Gasteiger partial charge in [-0.1, -0.05) is 6.92 Å². The fraction of sp³-hybridized carbons (Fsp3) is 0.533. The van der Waals surface area contributed by atoms with Crippen LogP contribution in [0.4, 0.5) is 4.39 Å². The molecule has 20 heavy (non-hydrogen) atoms. The Morgan fingerprint density at radius 2 is 2.35 bits per heavy atom. The summed E-state index contributed by atoms with van der Waals surface area (Å²) in [6.07, 6.45) is 1.13. The first-order chi connectivity index (χ1) is 9.61. The predicted molar refractivity (Wildman–Crippen MR) is 75.4 cm³/mol. The lowest BCUT2D eigenvalue weighted by Gasteiger charge is -2.29. The molecule has 1 heterocycles. The second kappa shape index (κ2) is 6.70. The summed E-state index contributed by atoms with van der Waals surface area (Å²) in [5.41, 5.74) is 0.416. The predicted octanol–water partition coefficient (Wildman–Crippen LogP) is 1.81. The van der Waals surface area contributed by atoms with Crippen molar-refractivity contribution < 1.29 is 13.9 Å². The summed E-state index contributed by atoms with van der Waals surface area (Å²) in [5, 5.41) is 6.25. The molecule has 0 aliphatic carbocycles. The molecular weight excluding hydrogens is 259 g/mol. The van der Waals surface area contributed by atoms with Gasteiger partial charge in [-0.25, -0.2) is 4.39 Å². The third-order valence-corrected chi connectivity index (χ3v) is 3.93. The third-order valence-electron chi connectivity index (χ3n) is 3.93. The number of halogens is 1. The second-order valence-corrected chi connectivity index (χ2v) is 5.29. The molecule has 2 rings (SSSR count). The molecule has 0 radical (unpaired) electrons. The highest BCUT2D eigenvalue weighted by Crippen LogP contribution is 2.19. The summed E-state index contributed by atoms with van der Waals surface area (Å²) in [7, 11) is 1.38. The molecule has 1 aromatic rings. The van der Waals surface area contributed by atoms with Gasteiger partial charge in [0.25, 0.3) is 5.91 Å². The maximum Gasteiger partial charge on any atom is 0.251 e. The quantitative estimate of drug-likeness (QED) is 0.884. The van der Waals surface area contributed by atoms with Crippen molar-refractivity contribution in [2.75, 3.05) is 26.7 Å². The Kier molecular flexibility index (Phi) is 4.95. The second-order valence-electron chi connectivity index (χ2n) is 5.29. The Hall–Kier alpha value is -1.62. The Labute approximate surface area is 118 Å². The minimum absolute atomic E-state index is 0.0883. The normalized spacial score (nSPS) is 22.4. The fourth-order valence-corrected chi connectivity index (χ4v) is 2.45. The minimum Gasteiger partial charge on any atom is -0.494 e. The highest BCUT2D eigenvalue weighted by atomic mass is 19.1. The third kappa shape index (κ3) is 3.48. The zero-order valence-corrected chi connectivity index (χ0v) is 11.9. The molecule has 0 spiro atoms. The summed E-state index contributed by atoms with van der Waals surface area (Å²) in [6.45, 7) is 4.81. The maximum atomic E-state index is 13.3. The number of carbonyl (C=O) groups is 1. The summed E-state index contributed by atoms with van der Waals surface area (Å²) in [4.78, 5) is 12.1. The molecule has 0 aromatic heterocycles. The van der Waals surface area contributed by atoms with Crippen LogP contribution in [0, 0.1) is 17.7 Å². The van der Waals surface area contributed by atoms with E-state index in [2.05, 4.69) is 17.6 Å². The van der Waals surface area contributed by atoms with Crippen LogP contribution < -0.4 is 15.4 Å². The highest BCUT2D eigenvalue weighted by Gasteiger charge is 2.21. The number of hydrogen-bond donors (Lipinski definition) is 2. The largest absolute Gasteiger partial charge is 0.494 e. The van der Waals surface area contributed by atoms with Crippen molar-refractivity contribution in [1.29, 1.82) is 0 Å². The van der Waals surface area contributed by atoms with Crippen LogP contribution in [-0.4, -0.2) is 32.7 Å². The number of piperidine rings is 1. The van der Waals surface area contributed by atoms with Crippen molar-refractivity contribution in [2.24, 2.45) is 11.8 Å². The van der Waals surface area contributed by atoms with Crippen molar-refractivity contribution in [1.82, 2.24) is 10.6 Å². The van der Waals surface area contributed by atoms with Gasteiger partial charge in [-0.2, -0.15) is 0 Å². The number of hydrogen-bond acceptors (Lipinski definition) is 3. The van der Waals surface area contributed by atoms with E-state index in [1.807, 2.05) is 0 Å². The molecule has 1 saturated heterocycles. The topological polar surface area (TPSA) is 50.4 Å². The molecule has 1 aliphatic heterocycles. The van der Waals surface area contributed by atoms with E-state index in [1.54, 1.807) is 0 Å². The van der Waals surface area contributed by atoms with Crippen LogP contribution in [0.5, 0.6) is 5.75 Å². The lowest BCUT2D eigenvalue weighted by molar-refractivity contribution is 0.0938. The van der Waals surface area contributed by atoms with Gasteiger partial charge in [0.05, 0.1) is 7.11 Å². The van der Waals surface area contributed by atoms with Gasteiger partial charge < -0.3 is 15.4 Å². The van der Waals surface area contributed by atoms with Gasteiger partial charge in [0, 0.05) is 12.1 Å². The van der Waals surface area contributed by atoms with Gasteiger partial charge in [0.1, 0.15) is 0 Å². The number of nitrogens with one attached hydrogen (secondary N) is 2. The molecule has 110 valence electrons. The standard InChI is InChI=1S/C15H21FN2O2/c1-10-5-6-17-8-12(10)9-18-15(19)11-3-4-13(16)14(7-11)20-2/h3-4,7,10,12,17H,5-6,8-9H2,1-2H3,(H,18,19). The average molecular weight is 280 g/mol. The SMILES string of the molecule is COc1cc(C(=O)NCC2CNCCC2C)ccc1F. The molecule has 5 heteroatoms. The number of rotatable bonds is 4. The molecule has 2 atom stereocenters. The highest BCUT2D eigenvalue weighted by molar-refractivity contribution is 5.94. The molecule has 1 aliphatic rings. The van der Waals surface area contributed by atoms with E-state index in [0.717, 1.165) is 19.5 Å². The van der Waals surface area contributed by atoms with Gasteiger partial charge >= 0.3 is 0 Å².